The van der Waals surface area contributed by atoms with Crippen molar-refractivity contribution in [2.75, 3.05) is 11.5 Å². The summed E-state index contributed by atoms with van der Waals surface area (Å²) in [5, 5.41) is 21.3. The Morgan fingerprint density at radius 3 is 2.50 bits per heavy atom. The van der Waals surface area contributed by atoms with E-state index in [0.29, 0.717) is 11.4 Å². The zero-order valence-electron chi connectivity index (χ0n) is 14.8. The van der Waals surface area contributed by atoms with Crippen LogP contribution in [0.4, 0.5) is 11.4 Å². The van der Waals surface area contributed by atoms with Crippen molar-refractivity contribution in [1.29, 1.82) is 0 Å². The van der Waals surface area contributed by atoms with Crippen LogP contribution in [0.1, 0.15) is 5.69 Å². The van der Waals surface area contributed by atoms with Crippen LogP contribution >= 0.6 is 0 Å². The quantitative estimate of drug-likeness (QED) is 0.499. The molecule has 3 rings (SSSR count). The second-order valence-corrected chi connectivity index (χ2v) is 5.80. The molecule has 28 heavy (non-hydrogen) atoms. The highest BCUT2D eigenvalue weighted by Gasteiger charge is 2.22. The molecule has 0 radical (unpaired) electrons. The Kier molecular flexibility index (Phi) is 5.81. The van der Waals surface area contributed by atoms with Crippen LogP contribution in [0.3, 0.4) is 0 Å². The number of phenolic OH excluding ortho intramolecular Hbond substituents is 1. The summed E-state index contributed by atoms with van der Waals surface area (Å²) in [6, 6.07) is 17.5. The summed E-state index contributed by atoms with van der Waals surface area (Å²) in [7, 11) is 0. The smallest absolute Gasteiger partial charge is 0.310 e. The highest BCUT2D eigenvalue weighted by molar-refractivity contribution is 5.95. The number of aromatic nitrogens is 1. The summed E-state index contributed by atoms with van der Waals surface area (Å²) in [4.78, 5) is 28.9. The zero-order valence-corrected chi connectivity index (χ0v) is 14.8. The summed E-state index contributed by atoms with van der Waals surface area (Å²) in [6.07, 6.45) is 1.60. The van der Waals surface area contributed by atoms with Gasteiger partial charge in [0.2, 0.25) is 0 Å². The minimum absolute atomic E-state index is 0.00378. The molecule has 1 heterocycles. The van der Waals surface area contributed by atoms with Crippen molar-refractivity contribution < 1.29 is 19.6 Å². The number of ether oxygens (including phenoxy) is 1. The molecule has 0 unspecified atom stereocenters. The maximum atomic E-state index is 12.8. The molecule has 0 aliphatic carbocycles. The first kappa shape index (κ1) is 18.8. The molecule has 2 aromatic carbocycles. The number of aromatic hydroxyl groups is 1. The average molecular weight is 379 g/mol. The number of para-hydroxylation sites is 4. The van der Waals surface area contributed by atoms with E-state index in [-0.39, 0.29) is 23.7 Å². The summed E-state index contributed by atoms with van der Waals surface area (Å²) in [5.41, 5.74) is 0.684. The van der Waals surface area contributed by atoms with E-state index in [1.807, 2.05) is 0 Å². The minimum Gasteiger partial charge on any atom is -0.506 e. The van der Waals surface area contributed by atoms with Crippen molar-refractivity contribution in [1.82, 2.24) is 4.98 Å². The molecule has 1 N–H and O–H groups in total. The zero-order chi connectivity index (χ0) is 19.9. The Hall–Kier alpha value is -3.94. The first-order chi connectivity index (χ1) is 13.6. The molecule has 0 bridgehead atoms. The number of carbonyl (C=O) groups excluding carboxylic acids is 1. The molecule has 1 amide bonds. The standard InChI is InChI=1S/C20H17N3O5/c24-18-10-3-1-8-16(18)22(13-15-7-5-6-12-21-15)20(25)14-28-19-11-4-2-9-17(19)23(26)27/h1-12,24H,13-14H2. The lowest BCUT2D eigenvalue weighted by atomic mass is 10.2. The number of benzene rings is 2. The van der Waals surface area contributed by atoms with Gasteiger partial charge in [-0.2, -0.15) is 0 Å². The molecule has 8 heteroatoms. The van der Waals surface area contributed by atoms with Crippen LogP contribution in [0.15, 0.2) is 72.9 Å². The predicted molar refractivity (Wildman–Crippen MR) is 102 cm³/mol. The molecular weight excluding hydrogens is 362 g/mol. The third-order valence-corrected chi connectivity index (χ3v) is 3.93. The van der Waals surface area contributed by atoms with Crippen LogP contribution in [-0.2, 0) is 11.3 Å². The maximum Gasteiger partial charge on any atom is 0.310 e. The van der Waals surface area contributed by atoms with Gasteiger partial charge in [-0.1, -0.05) is 30.3 Å². The molecule has 0 saturated heterocycles. The van der Waals surface area contributed by atoms with Gasteiger partial charge in [0.05, 0.1) is 22.8 Å². The van der Waals surface area contributed by atoms with E-state index in [9.17, 15) is 20.0 Å². The molecule has 142 valence electrons. The van der Waals surface area contributed by atoms with Crippen LogP contribution in [-0.4, -0.2) is 27.5 Å². The van der Waals surface area contributed by atoms with Gasteiger partial charge in [0.25, 0.3) is 5.91 Å². The number of carbonyl (C=O) groups is 1. The Balaban J connectivity index is 1.83. The number of rotatable bonds is 7. The van der Waals surface area contributed by atoms with Gasteiger partial charge in [0.1, 0.15) is 5.75 Å². The van der Waals surface area contributed by atoms with Gasteiger partial charge in [-0.15, -0.1) is 0 Å². The Labute approximate surface area is 160 Å². The molecular formula is C20H17N3O5. The Morgan fingerprint density at radius 2 is 1.79 bits per heavy atom. The Morgan fingerprint density at radius 1 is 1.07 bits per heavy atom. The molecule has 0 atom stereocenters. The molecule has 8 nitrogen and oxygen atoms in total. The van der Waals surface area contributed by atoms with E-state index in [1.165, 1.54) is 29.2 Å². The van der Waals surface area contributed by atoms with E-state index in [0.717, 1.165) is 0 Å². The molecule has 0 fully saturated rings. The van der Waals surface area contributed by atoms with Crippen LogP contribution in [0.25, 0.3) is 0 Å². The van der Waals surface area contributed by atoms with Crippen molar-refractivity contribution in [2.45, 2.75) is 6.54 Å². The van der Waals surface area contributed by atoms with E-state index in [2.05, 4.69) is 4.98 Å². The number of pyridine rings is 1. The highest BCUT2D eigenvalue weighted by atomic mass is 16.6. The second kappa shape index (κ2) is 8.63. The summed E-state index contributed by atoms with van der Waals surface area (Å²) < 4.78 is 5.41. The van der Waals surface area contributed by atoms with Crippen molar-refractivity contribution >= 4 is 17.3 Å². The lowest BCUT2D eigenvalue weighted by molar-refractivity contribution is -0.385. The summed E-state index contributed by atoms with van der Waals surface area (Å²) in [6.45, 7) is -0.330. The van der Waals surface area contributed by atoms with E-state index in [4.69, 9.17) is 4.74 Å². The monoisotopic (exact) mass is 379 g/mol. The van der Waals surface area contributed by atoms with Crippen LogP contribution < -0.4 is 9.64 Å². The molecule has 0 aliphatic rings. The van der Waals surface area contributed by atoms with Crippen molar-refractivity contribution in [2.24, 2.45) is 0 Å². The largest absolute Gasteiger partial charge is 0.506 e. The van der Waals surface area contributed by atoms with Crippen molar-refractivity contribution in [3.8, 4) is 11.5 Å². The fourth-order valence-corrected chi connectivity index (χ4v) is 2.60. The highest BCUT2D eigenvalue weighted by Crippen LogP contribution is 2.29. The van der Waals surface area contributed by atoms with Gasteiger partial charge in [-0.25, -0.2) is 0 Å². The van der Waals surface area contributed by atoms with E-state index in [1.54, 1.807) is 48.7 Å². The maximum absolute atomic E-state index is 12.8. The second-order valence-electron chi connectivity index (χ2n) is 5.80. The number of hydrogen-bond acceptors (Lipinski definition) is 6. The predicted octanol–water partition coefficient (Wildman–Crippen LogP) is 3.31. The normalized spacial score (nSPS) is 10.3. The molecule has 0 saturated carbocycles. The molecule has 1 aromatic heterocycles. The van der Waals surface area contributed by atoms with Gasteiger partial charge < -0.3 is 9.84 Å². The number of amides is 1. The number of hydrogen-bond donors (Lipinski definition) is 1. The number of anilines is 1. The molecule has 3 aromatic rings. The molecule has 0 spiro atoms. The first-order valence-electron chi connectivity index (χ1n) is 8.41. The van der Waals surface area contributed by atoms with Gasteiger partial charge in [-0.05, 0) is 30.3 Å². The number of nitro groups is 1. The third kappa shape index (κ3) is 4.42. The van der Waals surface area contributed by atoms with Gasteiger partial charge in [0, 0.05) is 12.3 Å². The van der Waals surface area contributed by atoms with Gasteiger partial charge in [0.15, 0.2) is 12.4 Å². The van der Waals surface area contributed by atoms with E-state index >= 15 is 0 Å². The van der Waals surface area contributed by atoms with Crippen molar-refractivity contribution in [3.63, 3.8) is 0 Å². The summed E-state index contributed by atoms with van der Waals surface area (Å²) in [5.74, 6) is -0.557. The third-order valence-electron chi connectivity index (χ3n) is 3.93. The van der Waals surface area contributed by atoms with Gasteiger partial charge in [-0.3, -0.25) is 24.8 Å². The van der Waals surface area contributed by atoms with E-state index < -0.39 is 17.4 Å². The number of nitro benzene ring substituents is 1. The van der Waals surface area contributed by atoms with Crippen LogP contribution in [0.5, 0.6) is 11.5 Å². The Bertz CT molecular complexity index is 978. The van der Waals surface area contributed by atoms with Crippen LogP contribution in [0, 0.1) is 10.1 Å². The SMILES string of the molecule is O=C(COc1ccccc1[N+](=O)[O-])N(Cc1ccccn1)c1ccccc1O. The minimum atomic E-state index is -0.575. The molecule has 0 aliphatic heterocycles. The lowest BCUT2D eigenvalue weighted by Gasteiger charge is -2.23. The number of phenols is 1. The summed E-state index contributed by atoms with van der Waals surface area (Å²) >= 11 is 0. The van der Waals surface area contributed by atoms with Crippen molar-refractivity contribution in [3.05, 3.63) is 88.7 Å². The lowest BCUT2D eigenvalue weighted by Crippen LogP contribution is -2.35. The fourth-order valence-electron chi connectivity index (χ4n) is 2.60. The topological polar surface area (TPSA) is 106 Å². The average Bonchev–Trinajstić information content (AvgIpc) is 2.72. The fraction of sp³-hybridized carbons (Fsp3) is 0.100. The first-order valence-corrected chi connectivity index (χ1v) is 8.41. The van der Waals surface area contributed by atoms with Gasteiger partial charge >= 0.3 is 5.69 Å². The number of nitrogens with zero attached hydrogens (tertiary/aromatic N) is 3. The van der Waals surface area contributed by atoms with Crippen LogP contribution in [0.2, 0.25) is 0 Å².